The zero-order valence-corrected chi connectivity index (χ0v) is 20.7. The molecule has 0 saturated carbocycles. The van der Waals surface area contributed by atoms with Crippen molar-refractivity contribution in [2.24, 2.45) is 0 Å². The molecule has 182 valence electrons. The number of para-hydroxylation sites is 2. The molecule has 1 aromatic heterocycles. The molecule has 1 atom stereocenters. The number of amides is 3. The summed E-state index contributed by atoms with van der Waals surface area (Å²) in [5.41, 5.74) is 3.75. The average molecular weight is 466 g/mol. The number of aromatic nitrogens is 2. The Labute approximate surface area is 201 Å². The smallest absolute Gasteiger partial charge is 0.410 e. The van der Waals surface area contributed by atoms with Crippen LogP contribution < -0.4 is 10.6 Å². The lowest BCUT2D eigenvalue weighted by Crippen LogP contribution is -2.42. The molecule has 3 amide bonds. The second-order valence-electron chi connectivity index (χ2n) is 9.52. The number of nitrogens with zero attached hydrogens (tertiary/aromatic N) is 3. The van der Waals surface area contributed by atoms with Gasteiger partial charge in [-0.15, -0.1) is 0 Å². The van der Waals surface area contributed by atoms with E-state index >= 15 is 0 Å². The molecule has 0 aliphatic rings. The number of urea groups is 1. The van der Waals surface area contributed by atoms with E-state index in [2.05, 4.69) is 38.4 Å². The van der Waals surface area contributed by atoms with E-state index in [0.29, 0.717) is 19.5 Å². The number of nitrogens with one attached hydrogen (secondary N) is 2. The highest BCUT2D eigenvalue weighted by Gasteiger charge is 2.22. The first-order chi connectivity index (χ1) is 16.1. The zero-order chi connectivity index (χ0) is 24.7. The molecule has 0 aliphatic carbocycles. The van der Waals surface area contributed by atoms with Crippen LogP contribution in [0.1, 0.15) is 45.2 Å². The largest absolute Gasteiger partial charge is 0.444 e. The number of fused-ring (bicyclic) bond motifs is 1. The monoisotopic (exact) mass is 465 g/mol. The summed E-state index contributed by atoms with van der Waals surface area (Å²) >= 11 is 0. The molecule has 2 N–H and O–H groups in total. The first-order valence-electron chi connectivity index (χ1n) is 11.6. The van der Waals surface area contributed by atoms with Gasteiger partial charge in [-0.2, -0.15) is 0 Å². The summed E-state index contributed by atoms with van der Waals surface area (Å²) in [6.45, 7) is 9.08. The van der Waals surface area contributed by atoms with Gasteiger partial charge in [-0.1, -0.05) is 36.4 Å². The lowest BCUT2D eigenvalue weighted by atomic mass is 10.1. The van der Waals surface area contributed by atoms with Gasteiger partial charge in [0.1, 0.15) is 5.60 Å². The Bertz CT molecular complexity index is 1100. The summed E-state index contributed by atoms with van der Waals surface area (Å²) in [5.74, 6) is 0. The molecule has 0 radical (unpaired) electrons. The first-order valence-corrected chi connectivity index (χ1v) is 11.6. The van der Waals surface area contributed by atoms with Crippen LogP contribution in [-0.4, -0.2) is 51.8 Å². The van der Waals surface area contributed by atoms with Crippen molar-refractivity contribution < 1.29 is 14.3 Å². The van der Waals surface area contributed by atoms with Gasteiger partial charge in [-0.25, -0.2) is 14.6 Å². The lowest BCUT2D eigenvalue weighted by molar-refractivity contribution is 0.0230. The van der Waals surface area contributed by atoms with Crippen LogP contribution in [0.4, 0.5) is 9.59 Å². The van der Waals surface area contributed by atoms with Crippen molar-refractivity contribution in [3.8, 4) is 0 Å². The number of carbonyl (C=O) groups is 2. The number of hydrogen-bond donors (Lipinski definition) is 2. The van der Waals surface area contributed by atoms with Crippen LogP contribution in [0.2, 0.25) is 0 Å². The molecule has 0 spiro atoms. The van der Waals surface area contributed by atoms with E-state index in [9.17, 15) is 9.59 Å². The third-order valence-electron chi connectivity index (χ3n) is 5.55. The predicted octanol–water partition coefficient (Wildman–Crippen LogP) is 4.53. The Morgan fingerprint density at radius 1 is 1.06 bits per heavy atom. The number of ether oxygens (including phenoxy) is 1. The number of imidazole rings is 1. The summed E-state index contributed by atoms with van der Waals surface area (Å²) in [6.07, 6.45) is 2.12. The van der Waals surface area contributed by atoms with Gasteiger partial charge in [0, 0.05) is 32.7 Å². The van der Waals surface area contributed by atoms with E-state index in [1.54, 1.807) is 11.9 Å². The Balaban J connectivity index is 1.39. The van der Waals surface area contributed by atoms with Gasteiger partial charge in [-0.3, -0.25) is 0 Å². The maximum atomic E-state index is 12.2. The molecule has 8 heteroatoms. The second kappa shape index (κ2) is 11.0. The number of rotatable bonds is 8. The molecule has 3 rings (SSSR count). The maximum Gasteiger partial charge on any atom is 0.410 e. The van der Waals surface area contributed by atoms with Gasteiger partial charge in [0.05, 0.1) is 17.4 Å². The molecule has 2 aromatic carbocycles. The minimum Gasteiger partial charge on any atom is -0.444 e. The van der Waals surface area contributed by atoms with Crippen molar-refractivity contribution in [1.29, 1.82) is 0 Å². The molecular formula is C26H35N5O3. The molecular weight excluding hydrogens is 430 g/mol. The van der Waals surface area contributed by atoms with Crippen LogP contribution in [0.25, 0.3) is 11.0 Å². The van der Waals surface area contributed by atoms with Gasteiger partial charge in [0.2, 0.25) is 0 Å². The third-order valence-corrected chi connectivity index (χ3v) is 5.55. The highest BCUT2D eigenvalue weighted by Crippen LogP contribution is 2.15. The van der Waals surface area contributed by atoms with Crippen molar-refractivity contribution in [1.82, 2.24) is 25.1 Å². The Morgan fingerprint density at radius 2 is 1.74 bits per heavy atom. The molecule has 0 bridgehead atoms. The minimum atomic E-state index is -0.532. The molecule has 0 aliphatic heterocycles. The van der Waals surface area contributed by atoms with Crippen LogP contribution in [0.3, 0.4) is 0 Å². The summed E-state index contributed by atoms with van der Waals surface area (Å²) in [7, 11) is 1.71. The first kappa shape index (κ1) is 25.1. The molecule has 1 unspecified atom stereocenters. The van der Waals surface area contributed by atoms with Crippen LogP contribution in [0.15, 0.2) is 54.9 Å². The highest BCUT2D eigenvalue weighted by molar-refractivity contribution is 5.75. The molecule has 0 fully saturated rings. The second-order valence-corrected chi connectivity index (χ2v) is 9.52. The highest BCUT2D eigenvalue weighted by atomic mass is 16.6. The Morgan fingerprint density at radius 3 is 2.44 bits per heavy atom. The molecule has 0 saturated heterocycles. The number of carbonyl (C=O) groups excluding carboxylic acids is 2. The lowest BCUT2D eigenvalue weighted by Gasteiger charge is -2.28. The average Bonchev–Trinajstić information content (AvgIpc) is 3.19. The van der Waals surface area contributed by atoms with E-state index in [1.165, 1.54) is 5.56 Å². The van der Waals surface area contributed by atoms with Crippen molar-refractivity contribution in [3.05, 3.63) is 66.0 Å². The number of hydrogen-bond acceptors (Lipinski definition) is 4. The third kappa shape index (κ3) is 7.23. The van der Waals surface area contributed by atoms with Crippen molar-refractivity contribution in [3.63, 3.8) is 0 Å². The van der Waals surface area contributed by atoms with Gasteiger partial charge < -0.3 is 24.8 Å². The normalized spacial score (nSPS) is 12.3. The summed E-state index contributed by atoms with van der Waals surface area (Å²) in [5, 5.41) is 5.72. The minimum absolute atomic E-state index is 0.0599. The van der Waals surface area contributed by atoms with Crippen molar-refractivity contribution in [2.45, 2.75) is 58.8 Å². The van der Waals surface area contributed by atoms with Crippen LogP contribution in [0, 0.1) is 0 Å². The molecule has 8 nitrogen and oxygen atoms in total. The standard InChI is InChI=1S/C26H35N5O3/c1-19(30(5)25(33)34-26(2,3)4)14-15-27-24(32)28-16-20-10-12-21(13-11-20)17-31-18-29-22-8-6-7-9-23(22)31/h6-13,18-19H,14-17H2,1-5H3,(H2,27,28,32). The van der Waals surface area contributed by atoms with Crippen molar-refractivity contribution in [2.75, 3.05) is 13.6 Å². The van der Waals surface area contributed by atoms with Crippen molar-refractivity contribution >= 4 is 23.2 Å². The summed E-state index contributed by atoms with van der Waals surface area (Å²) in [6, 6.07) is 16.0. The topological polar surface area (TPSA) is 88.5 Å². The summed E-state index contributed by atoms with van der Waals surface area (Å²) in [4.78, 5) is 30.3. The fraction of sp³-hybridized carbons (Fsp3) is 0.423. The van der Waals surface area contributed by atoms with Gasteiger partial charge in [0.25, 0.3) is 0 Å². The SMILES string of the molecule is CC(CCNC(=O)NCc1ccc(Cn2cnc3ccccc32)cc1)N(C)C(=O)OC(C)(C)C. The molecule has 1 heterocycles. The zero-order valence-electron chi connectivity index (χ0n) is 20.7. The van der Waals surface area contributed by atoms with E-state index in [0.717, 1.165) is 23.1 Å². The Hall–Kier alpha value is -3.55. The van der Waals surface area contributed by atoms with Crippen LogP contribution in [-0.2, 0) is 17.8 Å². The van der Waals surface area contributed by atoms with E-state index in [4.69, 9.17) is 4.74 Å². The maximum absolute atomic E-state index is 12.2. The van der Waals surface area contributed by atoms with Crippen LogP contribution in [0.5, 0.6) is 0 Å². The van der Waals surface area contributed by atoms with Crippen LogP contribution >= 0.6 is 0 Å². The molecule has 34 heavy (non-hydrogen) atoms. The van der Waals surface area contributed by atoms with Gasteiger partial charge in [-0.05, 0) is 57.4 Å². The van der Waals surface area contributed by atoms with E-state index < -0.39 is 5.60 Å². The predicted molar refractivity (Wildman–Crippen MR) is 134 cm³/mol. The fourth-order valence-corrected chi connectivity index (χ4v) is 3.44. The van der Waals surface area contributed by atoms with E-state index in [1.807, 2.05) is 64.4 Å². The van der Waals surface area contributed by atoms with Gasteiger partial charge in [0.15, 0.2) is 0 Å². The van der Waals surface area contributed by atoms with E-state index in [-0.39, 0.29) is 18.2 Å². The molecule has 3 aromatic rings. The fourth-order valence-electron chi connectivity index (χ4n) is 3.44. The summed E-state index contributed by atoms with van der Waals surface area (Å²) < 4.78 is 7.50. The van der Waals surface area contributed by atoms with Gasteiger partial charge >= 0.3 is 12.1 Å². The quantitative estimate of drug-likeness (QED) is 0.512. The number of benzene rings is 2. The Kier molecular flexibility index (Phi) is 8.15.